The maximum Gasteiger partial charge on any atom is 0.234 e. The minimum Gasteiger partial charge on any atom is -0.492 e. The number of carbonyl (C=O) groups excluding carboxylic acids is 1. The number of thioether (sulfide) groups is 1. The Morgan fingerprint density at radius 1 is 0.946 bits per heavy atom. The first kappa shape index (κ1) is 26.3. The third kappa shape index (κ3) is 6.71. The molecule has 1 amide bonds. The van der Waals surface area contributed by atoms with Crippen LogP contribution in [0.25, 0.3) is 5.69 Å². The average molecular weight is 517 g/mol. The number of anilines is 1. The molecule has 1 aromatic heterocycles. The second-order valence-corrected chi connectivity index (χ2v) is 9.70. The molecule has 37 heavy (non-hydrogen) atoms. The fraction of sp³-hybridized carbons (Fsp3) is 0.276. The first-order valence-electron chi connectivity index (χ1n) is 12.4. The molecule has 0 saturated carbocycles. The summed E-state index contributed by atoms with van der Waals surface area (Å²) in [5, 5.41) is 12.4. The highest BCUT2D eigenvalue weighted by Gasteiger charge is 2.22. The van der Waals surface area contributed by atoms with Crippen LogP contribution in [0.4, 0.5) is 5.69 Å². The van der Waals surface area contributed by atoms with E-state index in [0.29, 0.717) is 34.9 Å². The largest absolute Gasteiger partial charge is 0.492 e. The highest BCUT2D eigenvalue weighted by molar-refractivity contribution is 7.99. The molecule has 0 spiro atoms. The van der Waals surface area contributed by atoms with E-state index in [2.05, 4.69) is 41.5 Å². The number of hydrogen-bond donors (Lipinski definition) is 1. The van der Waals surface area contributed by atoms with Crippen molar-refractivity contribution in [2.75, 3.05) is 17.7 Å². The zero-order valence-electron chi connectivity index (χ0n) is 21.5. The number of ether oxygens (including phenoxy) is 2. The van der Waals surface area contributed by atoms with Gasteiger partial charge in [-0.25, -0.2) is 0 Å². The van der Waals surface area contributed by atoms with Gasteiger partial charge < -0.3 is 14.8 Å². The van der Waals surface area contributed by atoms with Crippen LogP contribution in [0.5, 0.6) is 11.5 Å². The fourth-order valence-electron chi connectivity index (χ4n) is 3.81. The van der Waals surface area contributed by atoms with E-state index < -0.39 is 0 Å². The zero-order chi connectivity index (χ0) is 26.2. The lowest BCUT2D eigenvalue weighted by molar-refractivity contribution is -0.113. The number of hydrogen-bond acceptors (Lipinski definition) is 6. The van der Waals surface area contributed by atoms with Gasteiger partial charge in [0.25, 0.3) is 0 Å². The third-order valence-electron chi connectivity index (χ3n) is 5.69. The molecule has 1 N–H and O–H groups in total. The van der Waals surface area contributed by atoms with Crippen molar-refractivity contribution < 1.29 is 14.3 Å². The van der Waals surface area contributed by atoms with Crippen LogP contribution in [0.15, 0.2) is 84.0 Å². The molecule has 1 heterocycles. The summed E-state index contributed by atoms with van der Waals surface area (Å²) < 4.78 is 13.8. The lowest BCUT2D eigenvalue weighted by Crippen LogP contribution is -2.16. The Kier molecular flexibility index (Phi) is 8.85. The number of nitrogens with one attached hydrogen (secondary N) is 1. The van der Waals surface area contributed by atoms with Crippen molar-refractivity contribution in [3.8, 4) is 17.2 Å². The van der Waals surface area contributed by atoms with Gasteiger partial charge in [0.1, 0.15) is 11.5 Å². The summed E-state index contributed by atoms with van der Waals surface area (Å²) >= 11 is 1.32. The topological polar surface area (TPSA) is 78.3 Å². The van der Waals surface area contributed by atoms with Gasteiger partial charge in [0.2, 0.25) is 5.91 Å². The van der Waals surface area contributed by atoms with Gasteiger partial charge in [0.05, 0.1) is 18.0 Å². The van der Waals surface area contributed by atoms with E-state index in [4.69, 9.17) is 9.47 Å². The molecule has 0 radical (unpaired) electrons. The second-order valence-electron chi connectivity index (χ2n) is 8.76. The van der Waals surface area contributed by atoms with Crippen molar-refractivity contribution in [2.45, 2.75) is 44.9 Å². The van der Waals surface area contributed by atoms with Crippen molar-refractivity contribution in [3.05, 3.63) is 90.3 Å². The highest BCUT2D eigenvalue weighted by atomic mass is 32.2. The van der Waals surface area contributed by atoms with Crippen LogP contribution in [-0.4, -0.2) is 33.0 Å². The number of benzene rings is 3. The molecule has 0 aliphatic carbocycles. The van der Waals surface area contributed by atoms with Gasteiger partial charge in [0, 0.05) is 5.69 Å². The Morgan fingerprint density at radius 3 is 2.35 bits per heavy atom. The minimum atomic E-state index is -0.362. The third-order valence-corrected chi connectivity index (χ3v) is 6.62. The predicted octanol–water partition coefficient (Wildman–Crippen LogP) is 6.66. The van der Waals surface area contributed by atoms with Gasteiger partial charge in [0.15, 0.2) is 17.1 Å². The van der Waals surface area contributed by atoms with E-state index in [1.165, 1.54) is 17.3 Å². The van der Waals surface area contributed by atoms with Gasteiger partial charge in [-0.1, -0.05) is 68.1 Å². The average Bonchev–Trinajstić information content (AvgIpc) is 3.34. The normalized spacial score (nSPS) is 11.8. The molecule has 4 aromatic rings. The molecule has 0 fully saturated rings. The van der Waals surface area contributed by atoms with Crippen LogP contribution in [0.3, 0.4) is 0 Å². The SMILES string of the molecule is CCOc1ccccc1NC(=O)CSc1nnc(C(C)Oc2ccc(C(C)C)cc2)n1-c1ccccc1. The van der Waals surface area contributed by atoms with E-state index in [1.54, 1.807) is 0 Å². The molecule has 3 aromatic carbocycles. The number of amides is 1. The summed E-state index contributed by atoms with van der Waals surface area (Å²) in [6, 6.07) is 25.4. The van der Waals surface area contributed by atoms with E-state index in [0.717, 1.165) is 11.4 Å². The van der Waals surface area contributed by atoms with E-state index >= 15 is 0 Å². The molecule has 1 unspecified atom stereocenters. The van der Waals surface area contributed by atoms with Crippen molar-refractivity contribution >= 4 is 23.4 Å². The van der Waals surface area contributed by atoms with Gasteiger partial charge in [-0.2, -0.15) is 0 Å². The summed E-state index contributed by atoms with van der Waals surface area (Å²) in [5.41, 5.74) is 2.80. The van der Waals surface area contributed by atoms with Crippen molar-refractivity contribution in [1.82, 2.24) is 14.8 Å². The maximum absolute atomic E-state index is 12.8. The molecule has 192 valence electrons. The fourth-order valence-corrected chi connectivity index (χ4v) is 4.57. The summed E-state index contributed by atoms with van der Waals surface area (Å²) in [5.74, 6) is 2.53. The molecule has 0 aliphatic heterocycles. The van der Waals surface area contributed by atoms with Crippen LogP contribution in [0, 0.1) is 0 Å². The first-order chi connectivity index (χ1) is 18.0. The monoisotopic (exact) mass is 516 g/mol. The lowest BCUT2D eigenvalue weighted by Gasteiger charge is -2.17. The molecule has 4 rings (SSSR count). The van der Waals surface area contributed by atoms with E-state index in [1.807, 2.05) is 85.1 Å². The number of para-hydroxylation sites is 3. The Bertz CT molecular complexity index is 1310. The summed E-state index contributed by atoms with van der Waals surface area (Å²) in [4.78, 5) is 12.8. The van der Waals surface area contributed by atoms with Crippen LogP contribution in [-0.2, 0) is 4.79 Å². The van der Waals surface area contributed by atoms with Gasteiger partial charge in [-0.15, -0.1) is 10.2 Å². The first-order valence-corrected chi connectivity index (χ1v) is 13.4. The molecule has 8 heteroatoms. The molecule has 7 nitrogen and oxygen atoms in total. The smallest absolute Gasteiger partial charge is 0.234 e. The Labute approximate surface area is 222 Å². The number of carbonyl (C=O) groups is 1. The lowest BCUT2D eigenvalue weighted by atomic mass is 10.0. The Morgan fingerprint density at radius 2 is 1.65 bits per heavy atom. The quantitative estimate of drug-likeness (QED) is 0.225. The maximum atomic E-state index is 12.8. The van der Waals surface area contributed by atoms with Crippen LogP contribution < -0.4 is 14.8 Å². The second kappa shape index (κ2) is 12.5. The molecular formula is C29H32N4O3S. The van der Waals surface area contributed by atoms with E-state index in [-0.39, 0.29) is 17.8 Å². The van der Waals surface area contributed by atoms with E-state index in [9.17, 15) is 4.79 Å². The Balaban J connectivity index is 1.51. The van der Waals surface area contributed by atoms with Crippen molar-refractivity contribution in [1.29, 1.82) is 0 Å². The Hall–Kier alpha value is -3.78. The van der Waals surface area contributed by atoms with Gasteiger partial charge >= 0.3 is 0 Å². The highest BCUT2D eigenvalue weighted by Crippen LogP contribution is 2.29. The number of nitrogens with zero attached hydrogens (tertiary/aromatic N) is 3. The number of rotatable bonds is 11. The predicted molar refractivity (Wildman–Crippen MR) is 148 cm³/mol. The van der Waals surface area contributed by atoms with Crippen molar-refractivity contribution in [2.24, 2.45) is 0 Å². The molecule has 0 saturated heterocycles. The van der Waals surface area contributed by atoms with Gasteiger partial charge in [-0.05, 0) is 61.7 Å². The number of aromatic nitrogens is 3. The van der Waals surface area contributed by atoms with Crippen LogP contribution >= 0.6 is 11.8 Å². The summed E-state index contributed by atoms with van der Waals surface area (Å²) in [6.45, 7) is 8.71. The summed E-state index contributed by atoms with van der Waals surface area (Å²) in [6.07, 6.45) is -0.362. The molecule has 0 aliphatic rings. The standard InChI is InChI=1S/C29H32N4O3S/c1-5-35-26-14-10-9-13-25(26)30-27(34)19-37-29-32-31-28(33(29)23-11-7-6-8-12-23)21(4)36-24-17-15-22(16-18-24)20(2)3/h6-18,20-21H,5,19H2,1-4H3,(H,30,34). The van der Waals surface area contributed by atoms with Crippen molar-refractivity contribution in [3.63, 3.8) is 0 Å². The van der Waals surface area contributed by atoms with Crippen LogP contribution in [0.2, 0.25) is 0 Å². The van der Waals surface area contributed by atoms with Crippen LogP contribution in [0.1, 0.15) is 51.1 Å². The minimum absolute atomic E-state index is 0.157. The molecular weight excluding hydrogens is 484 g/mol. The summed E-state index contributed by atoms with van der Waals surface area (Å²) in [7, 11) is 0. The zero-order valence-corrected chi connectivity index (χ0v) is 22.4. The molecule has 0 bridgehead atoms. The van der Waals surface area contributed by atoms with Gasteiger partial charge in [-0.3, -0.25) is 9.36 Å². The molecule has 1 atom stereocenters.